The minimum absolute atomic E-state index is 0.256. The van der Waals surface area contributed by atoms with Crippen molar-refractivity contribution in [2.45, 2.75) is 32.1 Å². The number of nitrogens with zero attached hydrogens (tertiary/aromatic N) is 2. The number of Topliss-reactive ketones (excluding diaryl/α,β-unsaturated/α-hetero) is 1. The summed E-state index contributed by atoms with van der Waals surface area (Å²) in [6.45, 7) is 4.84. The number of hydrogen-bond donors (Lipinski definition) is 1. The lowest BCUT2D eigenvalue weighted by Crippen LogP contribution is -2.43. The van der Waals surface area contributed by atoms with E-state index in [0.717, 1.165) is 34.6 Å². The third kappa shape index (κ3) is 1.73. The summed E-state index contributed by atoms with van der Waals surface area (Å²) < 4.78 is 0. The lowest BCUT2D eigenvalue weighted by Gasteiger charge is -2.41. The highest BCUT2D eigenvalue weighted by atomic mass is 16.1. The maximum Gasteiger partial charge on any atom is 0.162 e. The Balaban J connectivity index is 1.95. The highest BCUT2D eigenvalue weighted by molar-refractivity contribution is 6.01. The van der Waals surface area contributed by atoms with E-state index in [-0.39, 0.29) is 5.78 Å². The van der Waals surface area contributed by atoms with Crippen molar-refractivity contribution in [3.63, 3.8) is 0 Å². The molecule has 0 saturated heterocycles. The molecule has 0 unspecified atom stereocenters. The van der Waals surface area contributed by atoms with Crippen LogP contribution in [0.2, 0.25) is 0 Å². The van der Waals surface area contributed by atoms with Crippen molar-refractivity contribution < 1.29 is 4.79 Å². The maximum atomic E-state index is 12.8. The van der Waals surface area contributed by atoms with Crippen LogP contribution in [0.5, 0.6) is 0 Å². The van der Waals surface area contributed by atoms with Crippen LogP contribution in [0.1, 0.15) is 32.3 Å². The van der Waals surface area contributed by atoms with Crippen molar-refractivity contribution in [2.24, 2.45) is 16.1 Å². The SMILES string of the molecule is C[C@H]1CC(=O)C2=C(C1)NC1=C(CN=N1)[C@@]2(C)c1ccccc1. The van der Waals surface area contributed by atoms with Crippen molar-refractivity contribution >= 4 is 5.78 Å². The van der Waals surface area contributed by atoms with Crippen LogP contribution in [0.4, 0.5) is 0 Å². The molecule has 22 heavy (non-hydrogen) atoms. The molecule has 0 amide bonds. The molecule has 0 radical (unpaired) electrons. The first-order valence-corrected chi connectivity index (χ1v) is 7.81. The Kier molecular flexibility index (Phi) is 2.83. The Morgan fingerprint density at radius 1 is 1.23 bits per heavy atom. The first-order chi connectivity index (χ1) is 10.6. The molecular formula is C18H19N3O. The molecule has 2 heterocycles. The first-order valence-electron chi connectivity index (χ1n) is 7.81. The van der Waals surface area contributed by atoms with Gasteiger partial charge in [-0.05, 0) is 24.8 Å². The highest BCUT2D eigenvalue weighted by Crippen LogP contribution is 2.49. The van der Waals surface area contributed by atoms with E-state index in [4.69, 9.17) is 0 Å². The molecule has 3 aliphatic rings. The molecule has 4 heteroatoms. The molecule has 0 fully saturated rings. The molecule has 4 nitrogen and oxygen atoms in total. The summed E-state index contributed by atoms with van der Waals surface area (Å²) >= 11 is 0. The molecule has 112 valence electrons. The fraction of sp³-hybridized carbons (Fsp3) is 0.389. The fourth-order valence-corrected chi connectivity index (χ4v) is 3.99. The van der Waals surface area contributed by atoms with Crippen molar-refractivity contribution in [3.8, 4) is 0 Å². The van der Waals surface area contributed by atoms with E-state index in [2.05, 4.69) is 41.5 Å². The minimum Gasteiger partial charge on any atom is -0.342 e. The Hall–Kier alpha value is -2.23. The first kappa shape index (κ1) is 13.4. The molecule has 0 bridgehead atoms. The summed E-state index contributed by atoms with van der Waals surface area (Å²) in [5.74, 6) is 1.47. The van der Waals surface area contributed by atoms with Crippen LogP contribution < -0.4 is 5.32 Å². The van der Waals surface area contributed by atoms with E-state index in [9.17, 15) is 4.79 Å². The summed E-state index contributed by atoms with van der Waals surface area (Å²) in [4.78, 5) is 12.8. The molecule has 1 aromatic carbocycles. The lowest BCUT2D eigenvalue weighted by atomic mass is 9.64. The van der Waals surface area contributed by atoms with Gasteiger partial charge in [-0.15, -0.1) is 5.11 Å². The standard InChI is InChI=1S/C18H19N3O/c1-11-8-14-16(15(22)9-11)18(2,12-6-4-3-5-7-12)13-10-19-21-17(13)20-14/h3-7,11,20H,8-10H2,1-2H3/t11-,18-/m1/s1. The van der Waals surface area contributed by atoms with Gasteiger partial charge in [-0.3, -0.25) is 4.79 Å². The summed E-state index contributed by atoms with van der Waals surface area (Å²) in [7, 11) is 0. The number of carbonyl (C=O) groups excluding carboxylic acids is 1. The third-order valence-electron chi connectivity index (χ3n) is 5.08. The van der Waals surface area contributed by atoms with Crippen LogP contribution in [0.15, 0.2) is 63.2 Å². The number of rotatable bonds is 1. The smallest absolute Gasteiger partial charge is 0.162 e. The predicted octanol–water partition coefficient (Wildman–Crippen LogP) is 3.48. The number of allylic oxidation sites excluding steroid dienone is 2. The monoisotopic (exact) mass is 293 g/mol. The van der Waals surface area contributed by atoms with E-state index < -0.39 is 5.41 Å². The highest BCUT2D eigenvalue weighted by Gasteiger charge is 2.47. The zero-order valence-electron chi connectivity index (χ0n) is 12.9. The second kappa shape index (κ2) is 4.63. The van der Waals surface area contributed by atoms with Gasteiger partial charge in [0.25, 0.3) is 0 Å². The van der Waals surface area contributed by atoms with Crippen LogP contribution in [-0.4, -0.2) is 12.3 Å². The Morgan fingerprint density at radius 2 is 2.00 bits per heavy atom. The summed E-state index contributed by atoms with van der Waals surface area (Å²) in [5.41, 5.74) is 3.79. The molecule has 4 rings (SSSR count). The molecule has 1 aromatic rings. The van der Waals surface area contributed by atoms with E-state index in [0.29, 0.717) is 18.9 Å². The zero-order valence-corrected chi connectivity index (χ0v) is 12.9. The second-order valence-corrected chi connectivity index (χ2v) is 6.63. The molecule has 1 aliphatic carbocycles. The number of ketones is 1. The number of azo groups is 1. The average Bonchev–Trinajstić information content (AvgIpc) is 2.96. The maximum absolute atomic E-state index is 12.8. The molecule has 2 atom stereocenters. The average molecular weight is 293 g/mol. The van der Waals surface area contributed by atoms with Crippen LogP contribution in [0.3, 0.4) is 0 Å². The number of hydrogen-bond acceptors (Lipinski definition) is 4. The largest absolute Gasteiger partial charge is 0.342 e. The molecular weight excluding hydrogens is 274 g/mol. The van der Waals surface area contributed by atoms with E-state index in [1.807, 2.05) is 18.2 Å². The van der Waals surface area contributed by atoms with Gasteiger partial charge in [0.15, 0.2) is 11.6 Å². The normalized spacial score (nSPS) is 30.3. The topological polar surface area (TPSA) is 53.8 Å². The Bertz CT molecular complexity index is 745. The minimum atomic E-state index is -0.419. The number of benzene rings is 1. The summed E-state index contributed by atoms with van der Waals surface area (Å²) in [6.07, 6.45) is 1.52. The van der Waals surface area contributed by atoms with Gasteiger partial charge in [0.2, 0.25) is 0 Å². The van der Waals surface area contributed by atoms with Crippen LogP contribution in [0, 0.1) is 5.92 Å². The van der Waals surface area contributed by atoms with E-state index in [1.165, 1.54) is 0 Å². The van der Waals surface area contributed by atoms with Gasteiger partial charge in [-0.2, -0.15) is 5.11 Å². The third-order valence-corrected chi connectivity index (χ3v) is 5.08. The van der Waals surface area contributed by atoms with Gasteiger partial charge in [-0.1, -0.05) is 37.3 Å². The van der Waals surface area contributed by atoms with Crippen molar-refractivity contribution in [2.75, 3.05) is 6.54 Å². The molecule has 1 N–H and O–H groups in total. The van der Waals surface area contributed by atoms with Gasteiger partial charge in [0.05, 0.1) is 6.54 Å². The molecule has 0 spiro atoms. The lowest BCUT2D eigenvalue weighted by molar-refractivity contribution is -0.117. The van der Waals surface area contributed by atoms with Gasteiger partial charge < -0.3 is 5.32 Å². The van der Waals surface area contributed by atoms with Crippen LogP contribution >= 0.6 is 0 Å². The van der Waals surface area contributed by atoms with Gasteiger partial charge >= 0.3 is 0 Å². The predicted molar refractivity (Wildman–Crippen MR) is 84.1 cm³/mol. The molecule has 2 aliphatic heterocycles. The van der Waals surface area contributed by atoms with Gasteiger partial charge in [-0.25, -0.2) is 0 Å². The summed E-state index contributed by atoms with van der Waals surface area (Å²) in [5, 5.41) is 11.9. The number of nitrogens with one attached hydrogen (secondary N) is 1. The van der Waals surface area contributed by atoms with Gasteiger partial charge in [0, 0.05) is 28.7 Å². The summed E-state index contributed by atoms with van der Waals surface area (Å²) in [6, 6.07) is 10.3. The Morgan fingerprint density at radius 3 is 2.77 bits per heavy atom. The number of dihydropyridines is 1. The van der Waals surface area contributed by atoms with Crippen LogP contribution in [-0.2, 0) is 10.2 Å². The van der Waals surface area contributed by atoms with E-state index in [1.54, 1.807) is 0 Å². The van der Waals surface area contributed by atoms with Crippen molar-refractivity contribution in [3.05, 3.63) is 58.6 Å². The fourth-order valence-electron chi connectivity index (χ4n) is 3.99. The van der Waals surface area contributed by atoms with Crippen molar-refractivity contribution in [1.29, 1.82) is 0 Å². The molecule has 0 saturated carbocycles. The van der Waals surface area contributed by atoms with E-state index >= 15 is 0 Å². The zero-order chi connectivity index (χ0) is 15.3. The quantitative estimate of drug-likeness (QED) is 0.862. The van der Waals surface area contributed by atoms with Crippen LogP contribution in [0.25, 0.3) is 0 Å². The number of carbonyl (C=O) groups is 1. The van der Waals surface area contributed by atoms with Gasteiger partial charge in [0.1, 0.15) is 0 Å². The second-order valence-electron chi connectivity index (χ2n) is 6.63. The molecule has 0 aromatic heterocycles. The Labute approximate surface area is 130 Å². The van der Waals surface area contributed by atoms with Crippen molar-refractivity contribution in [1.82, 2.24) is 5.32 Å².